The van der Waals surface area contributed by atoms with Crippen molar-refractivity contribution in [2.45, 2.75) is 18.2 Å². The van der Waals surface area contributed by atoms with Gasteiger partial charge in [0.15, 0.2) is 11.6 Å². The van der Waals surface area contributed by atoms with Crippen molar-refractivity contribution < 1.29 is 22.7 Å². The Kier molecular flexibility index (Phi) is 5.73. The molecule has 0 atom stereocenters. The van der Waals surface area contributed by atoms with Gasteiger partial charge in [0.05, 0.1) is 17.7 Å². The number of nitrogen functional groups attached to an aromatic ring is 1. The Bertz CT molecular complexity index is 540. The van der Waals surface area contributed by atoms with Crippen LogP contribution in [0, 0.1) is 5.82 Å². The maximum atomic E-state index is 13.7. The van der Waals surface area contributed by atoms with E-state index in [1.54, 1.807) is 6.92 Å². The molecule has 8 heteroatoms. The minimum atomic E-state index is -3.85. The van der Waals surface area contributed by atoms with Gasteiger partial charge in [-0.05, 0) is 18.6 Å². The van der Waals surface area contributed by atoms with Gasteiger partial charge in [0, 0.05) is 19.7 Å². The fourth-order valence-corrected chi connectivity index (χ4v) is 3.33. The minimum absolute atomic E-state index is 0.0794. The van der Waals surface area contributed by atoms with Crippen molar-refractivity contribution in [3.8, 4) is 5.75 Å². The summed E-state index contributed by atoms with van der Waals surface area (Å²) >= 11 is 0. The number of rotatable bonds is 7. The molecule has 0 aromatic heterocycles. The second kappa shape index (κ2) is 6.87. The van der Waals surface area contributed by atoms with Crippen LogP contribution in [-0.2, 0) is 10.0 Å². The summed E-state index contributed by atoms with van der Waals surface area (Å²) in [6.07, 6.45) is 0.307. The third-order valence-electron chi connectivity index (χ3n) is 2.81. The molecular formula is C12H19FN2O4S. The van der Waals surface area contributed by atoms with Crippen LogP contribution in [0.1, 0.15) is 13.3 Å². The number of hydrogen-bond donors (Lipinski definition) is 2. The van der Waals surface area contributed by atoms with Gasteiger partial charge in [0.25, 0.3) is 0 Å². The van der Waals surface area contributed by atoms with Gasteiger partial charge in [-0.3, -0.25) is 0 Å². The van der Waals surface area contributed by atoms with Gasteiger partial charge in [-0.25, -0.2) is 12.8 Å². The molecular weight excluding hydrogens is 287 g/mol. The standard InChI is InChI=1S/C12H19FN2O4S/c1-3-15(5-4-6-16)20(17,18)9-7-10(13)12(19-2)11(14)8-9/h7-8,16H,3-6,14H2,1-2H3. The Morgan fingerprint density at radius 3 is 2.55 bits per heavy atom. The zero-order valence-corrected chi connectivity index (χ0v) is 12.3. The highest BCUT2D eigenvalue weighted by Gasteiger charge is 2.25. The first kappa shape index (κ1) is 16.7. The summed E-state index contributed by atoms with van der Waals surface area (Å²) in [6.45, 7) is 1.92. The number of aliphatic hydroxyl groups is 1. The van der Waals surface area contributed by atoms with Gasteiger partial charge in [-0.15, -0.1) is 0 Å². The van der Waals surface area contributed by atoms with E-state index in [9.17, 15) is 12.8 Å². The Balaban J connectivity index is 3.21. The number of benzene rings is 1. The second-order valence-electron chi connectivity index (χ2n) is 4.10. The molecule has 0 spiro atoms. The summed E-state index contributed by atoms with van der Waals surface area (Å²) in [4.78, 5) is -0.229. The maximum Gasteiger partial charge on any atom is 0.243 e. The molecule has 1 aromatic rings. The van der Waals surface area contributed by atoms with E-state index in [0.717, 1.165) is 10.4 Å². The van der Waals surface area contributed by atoms with Gasteiger partial charge in [0.1, 0.15) is 0 Å². The molecule has 3 N–H and O–H groups in total. The fraction of sp³-hybridized carbons (Fsp3) is 0.500. The summed E-state index contributed by atoms with van der Waals surface area (Å²) in [5.41, 5.74) is 5.50. The van der Waals surface area contributed by atoms with Crippen LogP contribution in [0.25, 0.3) is 0 Å². The first-order valence-electron chi connectivity index (χ1n) is 6.12. The van der Waals surface area contributed by atoms with E-state index in [4.69, 9.17) is 15.6 Å². The monoisotopic (exact) mass is 306 g/mol. The first-order valence-corrected chi connectivity index (χ1v) is 7.56. The first-order chi connectivity index (χ1) is 9.38. The molecule has 1 rings (SSSR count). The fourth-order valence-electron chi connectivity index (χ4n) is 1.80. The van der Waals surface area contributed by atoms with Crippen molar-refractivity contribution in [2.24, 2.45) is 0 Å². The van der Waals surface area contributed by atoms with Crippen molar-refractivity contribution >= 4 is 15.7 Å². The normalized spacial score (nSPS) is 11.8. The average molecular weight is 306 g/mol. The Hall–Kier alpha value is -1.38. The van der Waals surface area contributed by atoms with Crippen LogP contribution < -0.4 is 10.5 Å². The minimum Gasteiger partial charge on any atom is -0.492 e. The third kappa shape index (κ3) is 3.38. The van der Waals surface area contributed by atoms with E-state index in [2.05, 4.69) is 0 Å². The zero-order valence-electron chi connectivity index (χ0n) is 11.5. The number of sulfonamides is 1. The number of nitrogens with two attached hydrogens (primary N) is 1. The van der Waals surface area contributed by atoms with Crippen molar-refractivity contribution in [2.75, 3.05) is 32.5 Å². The summed E-state index contributed by atoms with van der Waals surface area (Å²) < 4.78 is 44.4. The SMILES string of the molecule is CCN(CCCO)S(=O)(=O)c1cc(N)c(OC)c(F)c1. The summed E-state index contributed by atoms with van der Waals surface area (Å²) in [5, 5.41) is 8.79. The number of nitrogens with zero attached hydrogens (tertiary/aromatic N) is 1. The molecule has 0 aliphatic heterocycles. The van der Waals surface area contributed by atoms with Gasteiger partial charge in [-0.1, -0.05) is 6.92 Å². The molecule has 0 fully saturated rings. The highest BCUT2D eigenvalue weighted by Crippen LogP contribution is 2.29. The number of aliphatic hydroxyl groups excluding tert-OH is 1. The van der Waals surface area contributed by atoms with Crippen LogP contribution in [0.4, 0.5) is 10.1 Å². The topological polar surface area (TPSA) is 92.9 Å². The van der Waals surface area contributed by atoms with E-state index in [1.807, 2.05) is 0 Å². The van der Waals surface area contributed by atoms with E-state index >= 15 is 0 Å². The highest BCUT2D eigenvalue weighted by molar-refractivity contribution is 7.89. The van der Waals surface area contributed by atoms with Crippen LogP contribution in [0.2, 0.25) is 0 Å². The molecule has 0 aliphatic carbocycles. The molecule has 0 aliphatic rings. The van der Waals surface area contributed by atoms with Crippen LogP contribution in [0.15, 0.2) is 17.0 Å². The number of halogens is 1. The highest BCUT2D eigenvalue weighted by atomic mass is 32.2. The molecule has 0 saturated carbocycles. The summed E-state index contributed by atoms with van der Waals surface area (Å²) in [7, 11) is -2.59. The molecule has 20 heavy (non-hydrogen) atoms. The maximum absolute atomic E-state index is 13.7. The van der Waals surface area contributed by atoms with Crippen LogP contribution in [-0.4, -0.2) is 44.6 Å². The lowest BCUT2D eigenvalue weighted by Gasteiger charge is -2.20. The van der Waals surface area contributed by atoms with Crippen molar-refractivity contribution in [3.05, 3.63) is 17.9 Å². The largest absolute Gasteiger partial charge is 0.492 e. The molecule has 0 unspecified atom stereocenters. The van der Waals surface area contributed by atoms with Crippen LogP contribution >= 0.6 is 0 Å². The smallest absolute Gasteiger partial charge is 0.243 e. The lowest BCUT2D eigenvalue weighted by Crippen LogP contribution is -2.32. The lowest BCUT2D eigenvalue weighted by molar-refractivity contribution is 0.271. The second-order valence-corrected chi connectivity index (χ2v) is 6.04. The van der Waals surface area contributed by atoms with E-state index in [1.165, 1.54) is 13.2 Å². The molecule has 0 amide bonds. The number of ether oxygens (including phenoxy) is 1. The van der Waals surface area contributed by atoms with Crippen molar-refractivity contribution in [1.82, 2.24) is 4.31 Å². The lowest BCUT2D eigenvalue weighted by atomic mass is 10.3. The predicted molar refractivity (Wildman–Crippen MR) is 73.5 cm³/mol. The number of hydrogen-bond acceptors (Lipinski definition) is 5. The molecule has 0 saturated heterocycles. The quantitative estimate of drug-likeness (QED) is 0.727. The Labute approximate surface area is 118 Å². The van der Waals surface area contributed by atoms with Crippen LogP contribution in [0.5, 0.6) is 5.75 Å². The van der Waals surface area contributed by atoms with E-state index < -0.39 is 15.8 Å². The van der Waals surface area contributed by atoms with E-state index in [0.29, 0.717) is 6.42 Å². The molecule has 0 heterocycles. The zero-order chi connectivity index (χ0) is 15.3. The van der Waals surface area contributed by atoms with Gasteiger partial charge in [-0.2, -0.15) is 4.31 Å². The number of anilines is 1. The molecule has 1 aromatic carbocycles. The molecule has 114 valence electrons. The molecule has 0 radical (unpaired) electrons. The average Bonchev–Trinajstić information content (AvgIpc) is 2.39. The van der Waals surface area contributed by atoms with E-state index in [-0.39, 0.29) is 36.0 Å². The number of methoxy groups -OCH3 is 1. The Morgan fingerprint density at radius 1 is 1.45 bits per heavy atom. The third-order valence-corrected chi connectivity index (χ3v) is 4.76. The van der Waals surface area contributed by atoms with Gasteiger partial charge in [0.2, 0.25) is 10.0 Å². The summed E-state index contributed by atoms with van der Waals surface area (Å²) in [6, 6.07) is 2.05. The predicted octanol–water partition coefficient (Wildman–Crippen LogP) is 0.810. The molecule has 0 bridgehead atoms. The Morgan fingerprint density at radius 2 is 2.10 bits per heavy atom. The molecule has 6 nitrogen and oxygen atoms in total. The van der Waals surface area contributed by atoms with Gasteiger partial charge < -0.3 is 15.6 Å². The van der Waals surface area contributed by atoms with Gasteiger partial charge >= 0.3 is 0 Å². The van der Waals surface area contributed by atoms with Crippen LogP contribution in [0.3, 0.4) is 0 Å². The van der Waals surface area contributed by atoms with Crippen molar-refractivity contribution in [1.29, 1.82) is 0 Å². The summed E-state index contributed by atoms with van der Waals surface area (Å²) in [5.74, 6) is -1.01. The van der Waals surface area contributed by atoms with Crippen molar-refractivity contribution in [3.63, 3.8) is 0 Å².